The molecule has 1 aliphatic rings. The average Bonchev–Trinajstić information content (AvgIpc) is 3.11. The molecule has 0 saturated carbocycles. The summed E-state index contributed by atoms with van der Waals surface area (Å²) in [5, 5.41) is 9.13. The molecule has 0 amide bonds. The van der Waals surface area contributed by atoms with Crippen molar-refractivity contribution in [2.75, 3.05) is 6.79 Å². The lowest BCUT2D eigenvalue weighted by atomic mass is 10.2. The van der Waals surface area contributed by atoms with Crippen molar-refractivity contribution in [2.24, 2.45) is 0 Å². The van der Waals surface area contributed by atoms with Gasteiger partial charge in [-0.15, -0.1) is 0 Å². The van der Waals surface area contributed by atoms with E-state index in [9.17, 15) is 0 Å². The van der Waals surface area contributed by atoms with Crippen LogP contribution in [0.5, 0.6) is 11.5 Å². The number of oxazole rings is 1. The van der Waals surface area contributed by atoms with Gasteiger partial charge < -0.3 is 19.0 Å². The smallest absolute Gasteiger partial charge is 0.231 e. The van der Waals surface area contributed by atoms with Crippen LogP contribution in [0.3, 0.4) is 0 Å². The second kappa shape index (κ2) is 4.25. The molecule has 0 atom stereocenters. The molecule has 0 radical (unpaired) electrons. The fraction of sp³-hybridized carbons (Fsp3) is 0.133. The topological polar surface area (TPSA) is 64.7 Å². The molecule has 0 bridgehead atoms. The number of aliphatic hydroxyl groups is 1. The molecule has 1 N–H and O–H groups in total. The minimum atomic E-state index is -0.0179. The standard InChI is InChI=1S/C15H11NO4/c17-7-9-1-3-11-13(5-9)20-15(16-11)10-2-4-12-14(6-10)19-8-18-12/h1-6,17H,7-8H2. The first-order valence-corrected chi connectivity index (χ1v) is 6.24. The molecule has 2 heterocycles. The van der Waals surface area contributed by atoms with Gasteiger partial charge in [-0.3, -0.25) is 0 Å². The van der Waals surface area contributed by atoms with Gasteiger partial charge in [0.05, 0.1) is 6.61 Å². The van der Waals surface area contributed by atoms with Crippen molar-refractivity contribution in [1.82, 2.24) is 4.98 Å². The summed E-state index contributed by atoms with van der Waals surface area (Å²) in [6.07, 6.45) is 0. The number of nitrogens with zero attached hydrogens (tertiary/aromatic N) is 1. The van der Waals surface area contributed by atoms with Crippen LogP contribution in [0.4, 0.5) is 0 Å². The van der Waals surface area contributed by atoms with Crippen LogP contribution in [0.2, 0.25) is 0 Å². The Labute approximate surface area is 114 Å². The van der Waals surface area contributed by atoms with Crippen molar-refractivity contribution >= 4 is 11.1 Å². The van der Waals surface area contributed by atoms with E-state index in [0.717, 1.165) is 22.4 Å². The number of hydrogen-bond donors (Lipinski definition) is 1. The van der Waals surface area contributed by atoms with E-state index in [4.69, 9.17) is 19.0 Å². The van der Waals surface area contributed by atoms with E-state index in [2.05, 4.69) is 4.98 Å². The molecule has 0 unspecified atom stereocenters. The lowest BCUT2D eigenvalue weighted by Gasteiger charge is -1.98. The first-order valence-electron chi connectivity index (χ1n) is 6.24. The number of benzene rings is 2. The Morgan fingerprint density at radius 2 is 1.95 bits per heavy atom. The van der Waals surface area contributed by atoms with E-state index >= 15 is 0 Å². The van der Waals surface area contributed by atoms with Crippen LogP contribution in [0, 0.1) is 0 Å². The summed E-state index contributed by atoms with van der Waals surface area (Å²) in [4.78, 5) is 4.44. The molecular weight excluding hydrogens is 258 g/mol. The molecule has 1 aliphatic heterocycles. The maximum absolute atomic E-state index is 9.13. The molecule has 0 aliphatic carbocycles. The summed E-state index contributed by atoms with van der Waals surface area (Å²) in [5.74, 6) is 1.95. The predicted molar refractivity (Wildman–Crippen MR) is 71.5 cm³/mol. The van der Waals surface area contributed by atoms with Gasteiger partial charge in [0.2, 0.25) is 12.7 Å². The van der Waals surface area contributed by atoms with Crippen LogP contribution in [0.1, 0.15) is 5.56 Å². The zero-order valence-corrected chi connectivity index (χ0v) is 10.5. The van der Waals surface area contributed by atoms with Crippen molar-refractivity contribution in [3.63, 3.8) is 0 Å². The Morgan fingerprint density at radius 3 is 2.85 bits per heavy atom. The predicted octanol–water partition coefficient (Wildman–Crippen LogP) is 2.72. The van der Waals surface area contributed by atoms with Crippen LogP contribution < -0.4 is 9.47 Å². The van der Waals surface area contributed by atoms with Crippen molar-refractivity contribution in [3.8, 4) is 23.0 Å². The lowest BCUT2D eigenvalue weighted by molar-refractivity contribution is 0.174. The number of aliphatic hydroxyl groups excluding tert-OH is 1. The van der Waals surface area contributed by atoms with Gasteiger partial charge in [0.25, 0.3) is 0 Å². The molecule has 4 rings (SSSR count). The zero-order chi connectivity index (χ0) is 13.5. The molecule has 0 spiro atoms. The van der Waals surface area contributed by atoms with Crippen molar-refractivity contribution in [1.29, 1.82) is 0 Å². The molecule has 3 aromatic rings. The molecule has 20 heavy (non-hydrogen) atoms. The van der Waals surface area contributed by atoms with Gasteiger partial charge in [-0.2, -0.15) is 0 Å². The third-order valence-electron chi connectivity index (χ3n) is 3.25. The minimum absolute atomic E-state index is 0.0179. The maximum Gasteiger partial charge on any atom is 0.231 e. The number of hydrogen-bond acceptors (Lipinski definition) is 5. The first kappa shape index (κ1) is 11.3. The van der Waals surface area contributed by atoms with Gasteiger partial charge >= 0.3 is 0 Å². The van der Waals surface area contributed by atoms with Crippen LogP contribution in [0.15, 0.2) is 40.8 Å². The summed E-state index contributed by atoms with van der Waals surface area (Å²) in [7, 11) is 0. The van der Waals surface area contributed by atoms with E-state index < -0.39 is 0 Å². The molecule has 2 aromatic carbocycles. The van der Waals surface area contributed by atoms with Crippen LogP contribution in [-0.2, 0) is 6.61 Å². The molecule has 5 nitrogen and oxygen atoms in total. The summed E-state index contributed by atoms with van der Waals surface area (Å²) in [5.41, 5.74) is 3.04. The molecule has 0 saturated heterocycles. The third-order valence-corrected chi connectivity index (χ3v) is 3.25. The van der Waals surface area contributed by atoms with E-state index in [1.807, 2.05) is 30.3 Å². The first-order chi connectivity index (χ1) is 9.83. The Balaban J connectivity index is 1.81. The highest BCUT2D eigenvalue weighted by molar-refractivity contribution is 5.77. The Hall–Kier alpha value is -2.53. The number of fused-ring (bicyclic) bond motifs is 2. The van der Waals surface area contributed by atoms with E-state index in [1.54, 1.807) is 6.07 Å². The second-order valence-corrected chi connectivity index (χ2v) is 4.55. The average molecular weight is 269 g/mol. The maximum atomic E-state index is 9.13. The Morgan fingerprint density at radius 1 is 1.05 bits per heavy atom. The SMILES string of the molecule is OCc1ccc2nc(-c3ccc4c(c3)OCO4)oc2c1. The Bertz CT molecular complexity index is 794. The lowest BCUT2D eigenvalue weighted by Crippen LogP contribution is -1.92. The van der Waals surface area contributed by atoms with Gasteiger partial charge in [-0.25, -0.2) is 4.98 Å². The summed E-state index contributed by atoms with van der Waals surface area (Å²) in [6.45, 7) is 0.224. The normalized spacial score (nSPS) is 13.1. The fourth-order valence-electron chi connectivity index (χ4n) is 2.22. The van der Waals surface area contributed by atoms with Gasteiger partial charge in [0.15, 0.2) is 17.1 Å². The summed E-state index contributed by atoms with van der Waals surface area (Å²) in [6, 6.07) is 11.0. The molecule has 100 valence electrons. The van der Waals surface area contributed by atoms with Gasteiger partial charge in [-0.05, 0) is 35.9 Å². The molecular formula is C15H11NO4. The Kier molecular flexibility index (Phi) is 2.40. The zero-order valence-electron chi connectivity index (χ0n) is 10.5. The fourth-order valence-corrected chi connectivity index (χ4v) is 2.22. The highest BCUT2D eigenvalue weighted by atomic mass is 16.7. The van der Waals surface area contributed by atoms with E-state index in [1.165, 1.54) is 0 Å². The number of rotatable bonds is 2. The number of aromatic nitrogens is 1. The van der Waals surface area contributed by atoms with Crippen LogP contribution in [0.25, 0.3) is 22.6 Å². The monoisotopic (exact) mass is 269 g/mol. The van der Waals surface area contributed by atoms with Gasteiger partial charge in [0.1, 0.15) is 5.52 Å². The van der Waals surface area contributed by atoms with Gasteiger partial charge in [-0.1, -0.05) is 6.07 Å². The number of ether oxygens (including phenoxy) is 2. The second-order valence-electron chi connectivity index (χ2n) is 4.55. The van der Waals surface area contributed by atoms with Crippen LogP contribution in [-0.4, -0.2) is 16.9 Å². The summed E-state index contributed by atoms with van der Waals surface area (Å²) < 4.78 is 16.4. The van der Waals surface area contributed by atoms with Crippen molar-refractivity contribution in [3.05, 3.63) is 42.0 Å². The van der Waals surface area contributed by atoms with E-state index in [-0.39, 0.29) is 13.4 Å². The highest BCUT2D eigenvalue weighted by Gasteiger charge is 2.16. The van der Waals surface area contributed by atoms with Gasteiger partial charge in [0, 0.05) is 5.56 Å². The van der Waals surface area contributed by atoms with E-state index in [0.29, 0.717) is 17.2 Å². The molecule has 1 aromatic heterocycles. The summed E-state index contributed by atoms with van der Waals surface area (Å²) >= 11 is 0. The third kappa shape index (κ3) is 1.71. The van der Waals surface area contributed by atoms with Crippen molar-refractivity contribution in [2.45, 2.75) is 6.61 Å². The van der Waals surface area contributed by atoms with Crippen LogP contribution >= 0.6 is 0 Å². The minimum Gasteiger partial charge on any atom is -0.454 e. The van der Waals surface area contributed by atoms with Crippen molar-refractivity contribution < 1.29 is 19.0 Å². The molecule has 0 fully saturated rings. The quantitative estimate of drug-likeness (QED) is 0.775. The highest BCUT2D eigenvalue weighted by Crippen LogP contribution is 2.36. The largest absolute Gasteiger partial charge is 0.454 e. The molecule has 5 heteroatoms.